The maximum atomic E-state index is 11.6. The highest BCUT2D eigenvalue weighted by atomic mass is 79.9. The summed E-state index contributed by atoms with van der Waals surface area (Å²) in [5.41, 5.74) is -0.448. The van der Waals surface area contributed by atoms with E-state index in [1.54, 1.807) is 45.0 Å². The fraction of sp³-hybridized carbons (Fsp3) is 0.429. The van der Waals surface area contributed by atoms with Gasteiger partial charge in [-0.25, -0.2) is 4.79 Å². The summed E-state index contributed by atoms with van der Waals surface area (Å²) in [4.78, 5) is 22.8. The quantitative estimate of drug-likeness (QED) is 0.840. The highest BCUT2D eigenvalue weighted by Gasteiger charge is 2.26. The molecule has 2 atom stereocenters. The number of carboxylic acid groups (broad SMARTS) is 1. The Morgan fingerprint density at radius 3 is 2.48 bits per heavy atom. The van der Waals surface area contributed by atoms with Gasteiger partial charge in [0, 0.05) is 4.47 Å². The SMILES string of the molecule is CC(C)(C)OC(=O)N[C@H](C(=O)[O-])[C@H](O)c1cccc(Br)c1. The predicted molar refractivity (Wildman–Crippen MR) is 77.3 cm³/mol. The molecule has 0 spiro atoms. The first-order chi connectivity index (χ1) is 9.60. The number of carbonyl (C=O) groups is 2. The molecular formula is C14H17BrNO5-. The number of ether oxygens (including phenoxy) is 1. The number of hydrogen-bond donors (Lipinski definition) is 2. The highest BCUT2D eigenvalue weighted by molar-refractivity contribution is 9.10. The molecule has 0 fully saturated rings. The van der Waals surface area contributed by atoms with E-state index >= 15 is 0 Å². The molecule has 1 aromatic carbocycles. The molecule has 0 saturated carbocycles. The van der Waals surface area contributed by atoms with Crippen LogP contribution in [0.25, 0.3) is 0 Å². The first kappa shape index (κ1) is 17.5. The molecule has 0 aromatic heterocycles. The molecule has 1 amide bonds. The second-order valence-corrected chi connectivity index (χ2v) is 6.36. The number of carbonyl (C=O) groups excluding carboxylic acids is 2. The number of aliphatic hydroxyl groups is 1. The summed E-state index contributed by atoms with van der Waals surface area (Å²) >= 11 is 3.22. The summed E-state index contributed by atoms with van der Waals surface area (Å²) in [5.74, 6) is -1.60. The van der Waals surface area contributed by atoms with Gasteiger partial charge in [-0.2, -0.15) is 0 Å². The van der Waals surface area contributed by atoms with Gasteiger partial charge in [-0.15, -0.1) is 0 Å². The zero-order valence-electron chi connectivity index (χ0n) is 11.9. The van der Waals surface area contributed by atoms with E-state index in [1.807, 2.05) is 0 Å². The number of amides is 1. The van der Waals surface area contributed by atoms with Crippen LogP contribution in [0.1, 0.15) is 32.4 Å². The van der Waals surface area contributed by atoms with Gasteiger partial charge in [0.25, 0.3) is 0 Å². The first-order valence-electron chi connectivity index (χ1n) is 6.24. The van der Waals surface area contributed by atoms with Crippen LogP contribution >= 0.6 is 15.9 Å². The molecule has 0 aliphatic heterocycles. The summed E-state index contributed by atoms with van der Waals surface area (Å²) in [5, 5.41) is 23.4. The molecule has 1 rings (SSSR count). The van der Waals surface area contributed by atoms with Gasteiger partial charge in [0.1, 0.15) is 17.7 Å². The minimum absolute atomic E-state index is 0.328. The van der Waals surface area contributed by atoms with Crippen LogP contribution in [0, 0.1) is 0 Å². The van der Waals surface area contributed by atoms with Crippen molar-refractivity contribution in [2.75, 3.05) is 0 Å². The smallest absolute Gasteiger partial charge is 0.408 e. The zero-order valence-corrected chi connectivity index (χ0v) is 13.5. The molecule has 0 unspecified atom stereocenters. The van der Waals surface area contributed by atoms with Crippen molar-refractivity contribution in [3.63, 3.8) is 0 Å². The van der Waals surface area contributed by atoms with Crippen LogP contribution in [0.4, 0.5) is 4.79 Å². The average Bonchev–Trinajstić information content (AvgIpc) is 2.32. The Kier molecular flexibility index (Phi) is 5.74. The average molecular weight is 359 g/mol. The van der Waals surface area contributed by atoms with Crippen LogP contribution in [0.3, 0.4) is 0 Å². The van der Waals surface area contributed by atoms with Gasteiger partial charge in [0.2, 0.25) is 0 Å². The molecule has 1 aromatic rings. The number of benzene rings is 1. The lowest BCUT2D eigenvalue weighted by Crippen LogP contribution is -2.52. The van der Waals surface area contributed by atoms with Crippen molar-refractivity contribution in [2.45, 2.75) is 38.5 Å². The van der Waals surface area contributed by atoms with Crippen molar-refractivity contribution in [3.05, 3.63) is 34.3 Å². The molecule has 7 heteroatoms. The molecule has 0 radical (unpaired) electrons. The highest BCUT2D eigenvalue weighted by Crippen LogP contribution is 2.21. The third-order valence-electron chi connectivity index (χ3n) is 2.43. The molecule has 0 bridgehead atoms. The summed E-state index contributed by atoms with van der Waals surface area (Å²) in [7, 11) is 0. The molecule has 6 nitrogen and oxygen atoms in total. The maximum absolute atomic E-state index is 11.6. The number of carboxylic acids is 1. The van der Waals surface area contributed by atoms with Crippen molar-refractivity contribution in [2.24, 2.45) is 0 Å². The van der Waals surface area contributed by atoms with Crippen LogP contribution in [0.2, 0.25) is 0 Å². The molecule has 0 aliphatic rings. The normalized spacial score (nSPS) is 14.1. The van der Waals surface area contributed by atoms with E-state index in [0.29, 0.717) is 10.0 Å². The summed E-state index contributed by atoms with van der Waals surface area (Å²) in [6.45, 7) is 4.93. The number of hydrogen-bond acceptors (Lipinski definition) is 5. The Balaban J connectivity index is 2.87. The van der Waals surface area contributed by atoms with Gasteiger partial charge < -0.3 is 25.1 Å². The van der Waals surface area contributed by atoms with Gasteiger partial charge in [-0.05, 0) is 38.5 Å². The second kappa shape index (κ2) is 6.91. The Labute approximate surface area is 131 Å². The van der Waals surface area contributed by atoms with E-state index in [4.69, 9.17) is 4.74 Å². The van der Waals surface area contributed by atoms with E-state index in [0.717, 1.165) is 0 Å². The number of halogens is 1. The van der Waals surface area contributed by atoms with Crippen LogP contribution < -0.4 is 10.4 Å². The molecule has 116 valence electrons. The van der Waals surface area contributed by atoms with Crippen LogP contribution in [-0.4, -0.2) is 28.8 Å². The van der Waals surface area contributed by atoms with Crippen molar-refractivity contribution in [1.82, 2.24) is 5.32 Å². The van der Waals surface area contributed by atoms with Crippen molar-refractivity contribution < 1.29 is 24.5 Å². The van der Waals surface area contributed by atoms with Gasteiger partial charge in [-0.1, -0.05) is 28.1 Å². The standard InChI is InChI=1S/C14H18BrNO5/c1-14(2,3)21-13(20)16-10(12(18)19)11(17)8-5-4-6-9(15)7-8/h4-7,10-11,17H,1-3H3,(H,16,20)(H,18,19)/p-1/t10-,11+/m0/s1. The van der Waals surface area contributed by atoms with Gasteiger partial charge in [0.15, 0.2) is 0 Å². The maximum Gasteiger partial charge on any atom is 0.408 e. The number of alkyl carbamates (subject to hydrolysis) is 1. The lowest BCUT2D eigenvalue weighted by Gasteiger charge is -2.27. The summed E-state index contributed by atoms with van der Waals surface area (Å²) in [6.07, 6.45) is -2.40. The number of rotatable bonds is 4. The van der Waals surface area contributed by atoms with E-state index in [2.05, 4.69) is 21.2 Å². The van der Waals surface area contributed by atoms with Crippen LogP contribution in [0.15, 0.2) is 28.7 Å². The Bertz CT molecular complexity index is 526. The third-order valence-corrected chi connectivity index (χ3v) is 2.93. The number of nitrogens with one attached hydrogen (secondary N) is 1. The summed E-state index contributed by atoms with van der Waals surface area (Å²) < 4.78 is 5.64. The number of aliphatic hydroxyl groups excluding tert-OH is 1. The predicted octanol–water partition coefficient (Wildman–Crippen LogP) is 1.13. The fourth-order valence-corrected chi connectivity index (χ4v) is 2.00. The van der Waals surface area contributed by atoms with Gasteiger partial charge >= 0.3 is 6.09 Å². The van der Waals surface area contributed by atoms with E-state index in [-0.39, 0.29) is 0 Å². The summed E-state index contributed by atoms with van der Waals surface area (Å²) in [6, 6.07) is 4.85. The molecular weight excluding hydrogens is 342 g/mol. The fourth-order valence-electron chi connectivity index (χ4n) is 1.58. The van der Waals surface area contributed by atoms with Crippen LogP contribution in [0.5, 0.6) is 0 Å². The van der Waals surface area contributed by atoms with Gasteiger partial charge in [-0.3, -0.25) is 0 Å². The molecule has 0 aliphatic carbocycles. The molecule has 0 saturated heterocycles. The van der Waals surface area contributed by atoms with E-state index in [1.165, 1.54) is 0 Å². The van der Waals surface area contributed by atoms with Crippen molar-refractivity contribution in [1.29, 1.82) is 0 Å². The Morgan fingerprint density at radius 1 is 1.38 bits per heavy atom. The Morgan fingerprint density at radius 2 is 2.00 bits per heavy atom. The molecule has 21 heavy (non-hydrogen) atoms. The van der Waals surface area contributed by atoms with Gasteiger partial charge in [0.05, 0.1) is 5.97 Å². The lowest BCUT2D eigenvalue weighted by atomic mass is 10.0. The topological polar surface area (TPSA) is 98.7 Å². The lowest BCUT2D eigenvalue weighted by molar-refractivity contribution is -0.310. The minimum Gasteiger partial charge on any atom is -0.548 e. The van der Waals surface area contributed by atoms with E-state index < -0.39 is 29.8 Å². The Hall–Kier alpha value is -1.60. The van der Waals surface area contributed by atoms with Crippen molar-refractivity contribution in [3.8, 4) is 0 Å². The largest absolute Gasteiger partial charge is 0.548 e. The molecule has 0 heterocycles. The van der Waals surface area contributed by atoms with Crippen LogP contribution in [-0.2, 0) is 9.53 Å². The molecule has 2 N–H and O–H groups in total. The second-order valence-electron chi connectivity index (χ2n) is 5.44. The first-order valence-corrected chi connectivity index (χ1v) is 7.03. The van der Waals surface area contributed by atoms with Crippen molar-refractivity contribution >= 4 is 28.0 Å². The monoisotopic (exact) mass is 358 g/mol. The minimum atomic E-state index is -1.62. The zero-order chi connectivity index (χ0) is 16.2. The van der Waals surface area contributed by atoms with E-state index in [9.17, 15) is 19.8 Å². The number of aliphatic carboxylic acids is 1. The third kappa shape index (κ3) is 5.73.